The largest absolute Gasteiger partial charge is 0.479 e. The standard InChI is InChI=1S/C17H15BrO6S/c1-3-23-12(20)9-24-14-13(18)15(25-16(14)17(21)22-2)11-6-4-10(8-19)5-7-11/h4-8H,3,9H2,1-2H3. The highest BCUT2D eigenvalue weighted by molar-refractivity contribution is 9.10. The second kappa shape index (κ2) is 8.77. The van der Waals surface area contributed by atoms with Gasteiger partial charge in [0.2, 0.25) is 0 Å². The molecule has 0 amide bonds. The summed E-state index contributed by atoms with van der Waals surface area (Å²) in [6.45, 7) is 1.61. The molecule has 0 saturated heterocycles. The third kappa shape index (κ3) is 4.46. The first kappa shape index (κ1) is 19.1. The van der Waals surface area contributed by atoms with Crippen LogP contribution in [0, 0.1) is 0 Å². The SMILES string of the molecule is CCOC(=O)COc1c(C(=O)OC)sc(-c2ccc(C=O)cc2)c1Br. The Morgan fingerprint density at radius 2 is 1.92 bits per heavy atom. The van der Waals surface area contributed by atoms with Gasteiger partial charge in [-0.15, -0.1) is 11.3 Å². The quantitative estimate of drug-likeness (QED) is 0.495. The van der Waals surface area contributed by atoms with Gasteiger partial charge in [0.15, 0.2) is 17.2 Å². The van der Waals surface area contributed by atoms with E-state index >= 15 is 0 Å². The van der Waals surface area contributed by atoms with Crippen molar-refractivity contribution in [2.45, 2.75) is 6.92 Å². The maximum absolute atomic E-state index is 12.0. The van der Waals surface area contributed by atoms with Crippen molar-refractivity contribution >= 4 is 45.5 Å². The van der Waals surface area contributed by atoms with E-state index in [9.17, 15) is 14.4 Å². The summed E-state index contributed by atoms with van der Waals surface area (Å²) in [5.41, 5.74) is 1.34. The van der Waals surface area contributed by atoms with Crippen LogP contribution in [0.3, 0.4) is 0 Å². The lowest BCUT2D eigenvalue weighted by Crippen LogP contribution is -2.15. The third-order valence-electron chi connectivity index (χ3n) is 3.13. The van der Waals surface area contributed by atoms with Crippen molar-refractivity contribution in [2.75, 3.05) is 20.3 Å². The molecule has 8 heteroatoms. The summed E-state index contributed by atoms with van der Waals surface area (Å²) < 4.78 is 15.6. The van der Waals surface area contributed by atoms with Gasteiger partial charge in [-0.2, -0.15) is 0 Å². The molecule has 0 radical (unpaired) electrons. The molecule has 1 aromatic carbocycles. The van der Waals surface area contributed by atoms with Crippen LogP contribution in [0.15, 0.2) is 28.7 Å². The van der Waals surface area contributed by atoms with Gasteiger partial charge in [-0.1, -0.05) is 24.3 Å². The zero-order valence-electron chi connectivity index (χ0n) is 13.5. The Balaban J connectivity index is 2.39. The highest BCUT2D eigenvalue weighted by atomic mass is 79.9. The van der Waals surface area contributed by atoms with Gasteiger partial charge in [-0.3, -0.25) is 4.79 Å². The number of esters is 2. The molecule has 1 heterocycles. The predicted molar refractivity (Wildman–Crippen MR) is 96.3 cm³/mol. The number of thiophene rings is 1. The maximum atomic E-state index is 12.0. The van der Waals surface area contributed by atoms with Crippen molar-refractivity contribution in [3.8, 4) is 16.2 Å². The summed E-state index contributed by atoms with van der Waals surface area (Å²) in [7, 11) is 1.27. The molecule has 0 aliphatic rings. The van der Waals surface area contributed by atoms with Gasteiger partial charge in [0, 0.05) is 5.56 Å². The van der Waals surface area contributed by atoms with Crippen molar-refractivity contribution in [1.82, 2.24) is 0 Å². The Bertz CT molecular complexity index is 781. The van der Waals surface area contributed by atoms with Gasteiger partial charge in [0.05, 0.1) is 23.1 Å². The average Bonchev–Trinajstić information content (AvgIpc) is 2.96. The molecule has 0 N–H and O–H groups in total. The summed E-state index contributed by atoms with van der Waals surface area (Å²) in [5, 5.41) is 0. The first-order valence-electron chi connectivity index (χ1n) is 7.26. The molecule has 6 nitrogen and oxygen atoms in total. The second-order valence-electron chi connectivity index (χ2n) is 4.73. The molecule has 0 aliphatic carbocycles. The predicted octanol–water partition coefficient (Wildman–Crippen LogP) is 3.72. The molecule has 0 spiro atoms. The molecule has 2 aromatic rings. The molecule has 0 saturated carbocycles. The van der Waals surface area contributed by atoms with E-state index in [4.69, 9.17) is 14.2 Å². The third-order valence-corrected chi connectivity index (χ3v) is 5.35. The lowest BCUT2D eigenvalue weighted by atomic mass is 10.1. The van der Waals surface area contributed by atoms with Crippen molar-refractivity contribution in [2.24, 2.45) is 0 Å². The van der Waals surface area contributed by atoms with Gasteiger partial charge < -0.3 is 14.2 Å². The number of aldehydes is 1. The first-order valence-corrected chi connectivity index (χ1v) is 8.87. The minimum Gasteiger partial charge on any atom is -0.479 e. The van der Waals surface area contributed by atoms with E-state index in [1.807, 2.05) is 0 Å². The number of ether oxygens (including phenoxy) is 3. The molecule has 132 valence electrons. The molecule has 0 aliphatic heterocycles. The number of carbonyl (C=O) groups excluding carboxylic acids is 3. The van der Waals surface area contributed by atoms with E-state index in [0.29, 0.717) is 10.0 Å². The van der Waals surface area contributed by atoms with E-state index in [2.05, 4.69) is 15.9 Å². The monoisotopic (exact) mass is 426 g/mol. The minimum absolute atomic E-state index is 0.222. The van der Waals surface area contributed by atoms with Crippen molar-refractivity contribution in [1.29, 1.82) is 0 Å². The summed E-state index contributed by atoms with van der Waals surface area (Å²) in [5.74, 6) is -0.881. The van der Waals surface area contributed by atoms with Crippen LogP contribution >= 0.6 is 27.3 Å². The van der Waals surface area contributed by atoms with Crippen molar-refractivity contribution in [3.05, 3.63) is 39.2 Å². The van der Waals surface area contributed by atoms with Gasteiger partial charge in [-0.05, 0) is 28.4 Å². The Hall–Kier alpha value is -2.19. The number of halogens is 1. The average molecular weight is 427 g/mol. The Kier molecular flexibility index (Phi) is 6.72. The summed E-state index contributed by atoms with van der Waals surface area (Å²) in [4.78, 5) is 35.3. The summed E-state index contributed by atoms with van der Waals surface area (Å²) in [6, 6.07) is 6.87. The summed E-state index contributed by atoms with van der Waals surface area (Å²) in [6.07, 6.45) is 0.751. The maximum Gasteiger partial charge on any atom is 0.351 e. The van der Waals surface area contributed by atoms with Crippen LogP contribution in [0.4, 0.5) is 0 Å². The van der Waals surface area contributed by atoms with Crippen molar-refractivity contribution in [3.63, 3.8) is 0 Å². The highest BCUT2D eigenvalue weighted by Crippen LogP contribution is 2.45. The minimum atomic E-state index is -0.569. The van der Waals surface area contributed by atoms with Crippen LogP contribution in [-0.4, -0.2) is 38.5 Å². The number of benzene rings is 1. The number of methoxy groups -OCH3 is 1. The molecule has 2 rings (SSSR count). The lowest BCUT2D eigenvalue weighted by molar-refractivity contribution is -0.145. The smallest absolute Gasteiger partial charge is 0.351 e. The molecule has 25 heavy (non-hydrogen) atoms. The van der Waals surface area contributed by atoms with Crippen LogP contribution in [0.25, 0.3) is 10.4 Å². The Morgan fingerprint density at radius 3 is 2.48 bits per heavy atom. The number of carbonyl (C=O) groups is 3. The fourth-order valence-electron chi connectivity index (χ4n) is 1.98. The fraction of sp³-hybridized carbons (Fsp3) is 0.235. The van der Waals surface area contributed by atoms with Gasteiger partial charge >= 0.3 is 11.9 Å². The lowest BCUT2D eigenvalue weighted by Gasteiger charge is -2.07. The molecule has 1 aromatic heterocycles. The molecule has 0 unspecified atom stereocenters. The van der Waals surface area contributed by atoms with E-state index in [1.165, 1.54) is 7.11 Å². The highest BCUT2D eigenvalue weighted by Gasteiger charge is 2.25. The van der Waals surface area contributed by atoms with Gasteiger partial charge in [0.1, 0.15) is 6.29 Å². The van der Waals surface area contributed by atoms with Crippen LogP contribution in [0.5, 0.6) is 5.75 Å². The molecular formula is C17H15BrO6S. The van der Waals surface area contributed by atoms with E-state index in [-0.39, 0.29) is 23.8 Å². The van der Waals surface area contributed by atoms with Gasteiger partial charge in [-0.25, -0.2) is 9.59 Å². The van der Waals surface area contributed by atoms with Crippen LogP contribution in [0.1, 0.15) is 27.0 Å². The van der Waals surface area contributed by atoms with Crippen LogP contribution in [0.2, 0.25) is 0 Å². The van der Waals surface area contributed by atoms with E-state index in [0.717, 1.165) is 28.1 Å². The second-order valence-corrected chi connectivity index (χ2v) is 6.54. The topological polar surface area (TPSA) is 78.9 Å². The normalized spacial score (nSPS) is 10.2. The van der Waals surface area contributed by atoms with Crippen LogP contribution in [-0.2, 0) is 14.3 Å². The zero-order chi connectivity index (χ0) is 18.4. The first-order chi connectivity index (χ1) is 12.0. The van der Waals surface area contributed by atoms with Gasteiger partial charge in [0.25, 0.3) is 0 Å². The molecular weight excluding hydrogens is 412 g/mol. The van der Waals surface area contributed by atoms with Crippen molar-refractivity contribution < 1.29 is 28.6 Å². The number of hydrogen-bond donors (Lipinski definition) is 0. The molecule has 0 atom stereocenters. The Morgan fingerprint density at radius 1 is 1.24 bits per heavy atom. The Labute approximate surface area is 156 Å². The molecule has 0 fully saturated rings. The zero-order valence-corrected chi connectivity index (χ0v) is 15.9. The van der Waals surface area contributed by atoms with E-state index < -0.39 is 11.9 Å². The summed E-state index contributed by atoms with van der Waals surface area (Å²) >= 11 is 4.58. The fourth-order valence-corrected chi connectivity index (χ4v) is 3.96. The number of hydrogen-bond acceptors (Lipinski definition) is 7. The number of rotatable bonds is 7. The molecule has 0 bridgehead atoms. The van der Waals surface area contributed by atoms with E-state index in [1.54, 1.807) is 31.2 Å². The van der Waals surface area contributed by atoms with Crippen LogP contribution < -0.4 is 4.74 Å².